The van der Waals surface area contributed by atoms with E-state index in [1.54, 1.807) is 53.4 Å². The molecule has 1 atom stereocenters. The summed E-state index contributed by atoms with van der Waals surface area (Å²) in [6, 6.07) is 13.0. The fraction of sp³-hybridized carbons (Fsp3) is 0.176. The van der Waals surface area contributed by atoms with Gasteiger partial charge in [-0.05, 0) is 35.9 Å². The number of benzene rings is 2. The van der Waals surface area contributed by atoms with Crippen LogP contribution >= 0.6 is 23.2 Å². The zero-order valence-corrected chi connectivity index (χ0v) is 13.6. The molecule has 1 N–H and O–H groups in total. The molecule has 1 saturated heterocycles. The number of nitrogens with one attached hydrogen (secondary N) is 1. The summed E-state index contributed by atoms with van der Waals surface area (Å²) in [6.07, 6.45) is 0. The second-order valence-electron chi connectivity index (χ2n) is 5.26. The van der Waals surface area contributed by atoms with Crippen LogP contribution in [0.4, 0.5) is 0 Å². The Bertz CT molecular complexity index is 764. The van der Waals surface area contributed by atoms with Crippen molar-refractivity contribution in [2.45, 2.75) is 6.04 Å². The van der Waals surface area contributed by atoms with Gasteiger partial charge in [0, 0.05) is 28.7 Å². The highest BCUT2D eigenvalue weighted by molar-refractivity contribution is 6.31. The summed E-state index contributed by atoms with van der Waals surface area (Å²) >= 11 is 12.0. The number of hydrogen-bond acceptors (Lipinski definition) is 2. The number of carbonyl (C=O) groups excluding carboxylic acids is 2. The molecular weight excluding hydrogens is 335 g/mol. The van der Waals surface area contributed by atoms with Crippen LogP contribution in [0.2, 0.25) is 10.0 Å². The first-order valence-corrected chi connectivity index (χ1v) is 7.91. The second kappa shape index (κ2) is 6.60. The van der Waals surface area contributed by atoms with Crippen molar-refractivity contribution in [2.24, 2.45) is 0 Å². The third-order valence-electron chi connectivity index (χ3n) is 3.71. The minimum Gasteiger partial charge on any atom is -0.352 e. The molecule has 23 heavy (non-hydrogen) atoms. The number of piperazine rings is 1. The Morgan fingerprint density at radius 1 is 1.09 bits per heavy atom. The standard InChI is InChI=1S/C17H14Cl2N2O2/c18-13-5-1-3-11(9-13)15-16(22)20-7-8-21(15)17(23)12-4-2-6-14(19)10-12/h1-6,9-10,15H,7-8H2,(H,20,22). The van der Waals surface area contributed by atoms with E-state index in [0.29, 0.717) is 34.3 Å². The van der Waals surface area contributed by atoms with Crippen LogP contribution in [0.25, 0.3) is 0 Å². The number of rotatable bonds is 2. The Hall–Kier alpha value is -2.04. The molecule has 0 spiro atoms. The third kappa shape index (κ3) is 3.33. The largest absolute Gasteiger partial charge is 0.352 e. The summed E-state index contributed by atoms with van der Waals surface area (Å²) in [7, 11) is 0. The quantitative estimate of drug-likeness (QED) is 0.904. The molecule has 0 radical (unpaired) electrons. The maximum Gasteiger partial charge on any atom is 0.254 e. The van der Waals surface area contributed by atoms with Crippen LogP contribution in [-0.2, 0) is 4.79 Å². The molecule has 0 aromatic heterocycles. The summed E-state index contributed by atoms with van der Waals surface area (Å²) < 4.78 is 0. The van der Waals surface area contributed by atoms with Crippen LogP contribution < -0.4 is 5.32 Å². The van der Waals surface area contributed by atoms with Crippen LogP contribution in [0.3, 0.4) is 0 Å². The summed E-state index contributed by atoms with van der Waals surface area (Å²) in [4.78, 5) is 26.7. The average molecular weight is 349 g/mol. The van der Waals surface area contributed by atoms with Gasteiger partial charge in [0.05, 0.1) is 0 Å². The zero-order valence-electron chi connectivity index (χ0n) is 12.1. The van der Waals surface area contributed by atoms with Crippen LogP contribution in [0.15, 0.2) is 48.5 Å². The first-order valence-electron chi connectivity index (χ1n) is 7.16. The molecule has 1 unspecified atom stereocenters. The predicted molar refractivity (Wildman–Crippen MR) is 89.7 cm³/mol. The molecule has 2 aromatic rings. The molecule has 2 amide bonds. The third-order valence-corrected chi connectivity index (χ3v) is 4.18. The lowest BCUT2D eigenvalue weighted by molar-refractivity contribution is -0.128. The van der Waals surface area contributed by atoms with E-state index in [0.717, 1.165) is 0 Å². The van der Waals surface area contributed by atoms with Gasteiger partial charge in [-0.25, -0.2) is 0 Å². The molecule has 118 valence electrons. The minimum atomic E-state index is -0.700. The smallest absolute Gasteiger partial charge is 0.254 e. The number of halogens is 2. The lowest BCUT2D eigenvalue weighted by atomic mass is 10.0. The first kappa shape index (κ1) is 15.8. The van der Waals surface area contributed by atoms with Crippen LogP contribution in [0.5, 0.6) is 0 Å². The van der Waals surface area contributed by atoms with Gasteiger partial charge in [0.15, 0.2) is 0 Å². The molecule has 1 heterocycles. The fourth-order valence-corrected chi connectivity index (χ4v) is 3.07. The number of amides is 2. The highest BCUT2D eigenvalue weighted by Crippen LogP contribution is 2.27. The normalized spacial score (nSPS) is 17.7. The molecule has 4 nitrogen and oxygen atoms in total. The van der Waals surface area contributed by atoms with Crippen molar-refractivity contribution in [2.75, 3.05) is 13.1 Å². The van der Waals surface area contributed by atoms with Crippen molar-refractivity contribution < 1.29 is 9.59 Å². The monoisotopic (exact) mass is 348 g/mol. The van der Waals surface area contributed by atoms with Crippen molar-refractivity contribution in [1.29, 1.82) is 0 Å². The molecule has 6 heteroatoms. The van der Waals surface area contributed by atoms with E-state index in [2.05, 4.69) is 5.32 Å². The molecule has 1 aliphatic rings. The molecule has 2 aromatic carbocycles. The summed E-state index contributed by atoms with van der Waals surface area (Å²) in [5.41, 5.74) is 1.14. The van der Waals surface area contributed by atoms with E-state index < -0.39 is 6.04 Å². The molecule has 0 saturated carbocycles. The van der Waals surface area contributed by atoms with Crippen LogP contribution in [-0.4, -0.2) is 29.8 Å². The van der Waals surface area contributed by atoms with Crippen molar-refractivity contribution in [3.8, 4) is 0 Å². The van der Waals surface area contributed by atoms with Gasteiger partial charge >= 0.3 is 0 Å². The van der Waals surface area contributed by atoms with Gasteiger partial charge in [0.2, 0.25) is 5.91 Å². The first-order chi connectivity index (χ1) is 11.1. The fourth-order valence-electron chi connectivity index (χ4n) is 2.68. The number of nitrogens with zero attached hydrogens (tertiary/aromatic N) is 1. The maximum absolute atomic E-state index is 12.8. The topological polar surface area (TPSA) is 49.4 Å². The van der Waals surface area contributed by atoms with E-state index in [1.165, 1.54) is 0 Å². The van der Waals surface area contributed by atoms with Crippen molar-refractivity contribution in [3.05, 3.63) is 69.7 Å². The zero-order chi connectivity index (χ0) is 16.4. The Kier molecular flexibility index (Phi) is 4.55. The Morgan fingerprint density at radius 3 is 2.48 bits per heavy atom. The van der Waals surface area contributed by atoms with Gasteiger partial charge in [-0.2, -0.15) is 0 Å². The van der Waals surface area contributed by atoms with Crippen LogP contribution in [0.1, 0.15) is 22.0 Å². The average Bonchev–Trinajstić information content (AvgIpc) is 2.54. The van der Waals surface area contributed by atoms with E-state index in [9.17, 15) is 9.59 Å². The Balaban J connectivity index is 1.98. The molecule has 1 fully saturated rings. The summed E-state index contributed by atoms with van der Waals surface area (Å²) in [5.74, 6) is -0.443. The van der Waals surface area contributed by atoms with E-state index >= 15 is 0 Å². The maximum atomic E-state index is 12.8. The lowest BCUT2D eigenvalue weighted by Crippen LogP contribution is -2.52. The van der Waals surface area contributed by atoms with Crippen LogP contribution in [0, 0.1) is 0 Å². The van der Waals surface area contributed by atoms with Gasteiger partial charge < -0.3 is 10.2 Å². The predicted octanol–water partition coefficient (Wildman–Crippen LogP) is 3.31. The number of carbonyl (C=O) groups is 2. The summed E-state index contributed by atoms with van der Waals surface area (Å²) in [5, 5.41) is 3.80. The number of hydrogen-bond donors (Lipinski definition) is 1. The molecule has 0 bridgehead atoms. The van der Waals surface area contributed by atoms with Crippen molar-refractivity contribution in [3.63, 3.8) is 0 Å². The van der Waals surface area contributed by atoms with Crippen molar-refractivity contribution in [1.82, 2.24) is 10.2 Å². The van der Waals surface area contributed by atoms with E-state index in [-0.39, 0.29) is 11.8 Å². The molecule has 3 rings (SSSR count). The summed E-state index contributed by atoms with van der Waals surface area (Å²) in [6.45, 7) is 0.844. The SMILES string of the molecule is O=C1NCCN(C(=O)c2cccc(Cl)c2)C1c1cccc(Cl)c1. The lowest BCUT2D eigenvalue weighted by Gasteiger charge is -2.35. The Labute approximate surface area is 144 Å². The van der Waals surface area contributed by atoms with Gasteiger partial charge in [0.1, 0.15) is 6.04 Å². The van der Waals surface area contributed by atoms with E-state index in [1.807, 2.05) is 0 Å². The van der Waals surface area contributed by atoms with Gasteiger partial charge in [-0.3, -0.25) is 9.59 Å². The molecule has 1 aliphatic heterocycles. The van der Waals surface area contributed by atoms with Gasteiger partial charge in [0.25, 0.3) is 5.91 Å². The van der Waals surface area contributed by atoms with Gasteiger partial charge in [-0.15, -0.1) is 0 Å². The minimum absolute atomic E-state index is 0.214. The van der Waals surface area contributed by atoms with Gasteiger partial charge in [-0.1, -0.05) is 41.4 Å². The Morgan fingerprint density at radius 2 is 1.78 bits per heavy atom. The van der Waals surface area contributed by atoms with Crippen molar-refractivity contribution >= 4 is 35.0 Å². The molecular formula is C17H14Cl2N2O2. The highest BCUT2D eigenvalue weighted by atomic mass is 35.5. The van der Waals surface area contributed by atoms with E-state index in [4.69, 9.17) is 23.2 Å². The second-order valence-corrected chi connectivity index (χ2v) is 6.13. The molecule has 0 aliphatic carbocycles. The highest BCUT2D eigenvalue weighted by Gasteiger charge is 2.34.